The zero-order valence-corrected chi connectivity index (χ0v) is 20.5. The predicted molar refractivity (Wildman–Crippen MR) is 135 cm³/mol. The van der Waals surface area contributed by atoms with Crippen LogP contribution in [0.2, 0.25) is 0 Å². The molecule has 3 aromatic rings. The number of rotatable bonds is 5. The van der Waals surface area contributed by atoms with Crippen molar-refractivity contribution in [1.29, 1.82) is 0 Å². The van der Waals surface area contributed by atoms with Gasteiger partial charge in [-0.05, 0) is 91.6 Å². The molecule has 2 saturated heterocycles. The number of piperidine rings is 2. The number of halogens is 1. The highest BCUT2D eigenvalue weighted by atomic mass is 79.9. The Hall–Kier alpha value is -1.95. The van der Waals surface area contributed by atoms with Crippen LogP contribution >= 0.6 is 15.9 Å². The van der Waals surface area contributed by atoms with Crippen molar-refractivity contribution in [3.8, 4) is 17.0 Å². The minimum absolute atomic E-state index is 0.776. The summed E-state index contributed by atoms with van der Waals surface area (Å²) >= 11 is 3.71. The Morgan fingerprint density at radius 3 is 2.44 bits per heavy atom. The molecule has 2 aromatic carbocycles. The molecule has 2 aliphatic rings. The van der Waals surface area contributed by atoms with Crippen LogP contribution in [0.15, 0.2) is 53.0 Å². The van der Waals surface area contributed by atoms with Crippen LogP contribution in [0.5, 0.6) is 5.75 Å². The van der Waals surface area contributed by atoms with Gasteiger partial charge in [-0.3, -0.25) is 4.90 Å². The molecule has 0 radical (unpaired) electrons. The van der Waals surface area contributed by atoms with E-state index in [1.807, 2.05) is 6.07 Å². The summed E-state index contributed by atoms with van der Waals surface area (Å²) < 4.78 is 6.43. The maximum Gasteiger partial charge on any atom is 0.135 e. The minimum Gasteiger partial charge on any atom is -0.495 e. The number of methoxy groups -OCH3 is 1. The number of hydrogen-bond donors (Lipinski definition) is 0. The van der Waals surface area contributed by atoms with Crippen molar-refractivity contribution < 1.29 is 4.74 Å². The molecule has 5 rings (SSSR count). The lowest BCUT2D eigenvalue weighted by atomic mass is 9.98. The molecule has 3 heterocycles. The van der Waals surface area contributed by atoms with Crippen LogP contribution in [-0.4, -0.2) is 54.1 Å². The van der Waals surface area contributed by atoms with Gasteiger partial charge in [-0.1, -0.05) is 36.8 Å². The van der Waals surface area contributed by atoms with Gasteiger partial charge in [0.1, 0.15) is 5.75 Å². The number of likely N-dealkylation sites (tertiary alicyclic amines) is 2. The van der Waals surface area contributed by atoms with Gasteiger partial charge in [-0.15, -0.1) is 0 Å². The summed E-state index contributed by atoms with van der Waals surface area (Å²) in [7, 11) is 1.70. The lowest BCUT2D eigenvalue weighted by molar-refractivity contribution is 0.0897. The van der Waals surface area contributed by atoms with Crippen molar-refractivity contribution in [1.82, 2.24) is 14.8 Å². The Bertz CT molecular complexity index is 1060. The summed E-state index contributed by atoms with van der Waals surface area (Å²) in [6.45, 7) is 5.88. The molecule has 0 amide bonds. The van der Waals surface area contributed by atoms with Crippen LogP contribution in [0, 0.1) is 0 Å². The Kier molecular flexibility index (Phi) is 6.77. The number of fused-ring (bicyclic) bond motifs is 1. The first-order chi connectivity index (χ1) is 15.7. The molecule has 0 saturated carbocycles. The molecule has 0 N–H and O–H groups in total. The van der Waals surface area contributed by atoms with Crippen molar-refractivity contribution >= 4 is 26.8 Å². The number of benzene rings is 2. The second-order valence-corrected chi connectivity index (χ2v) is 9.91. The molecule has 0 aliphatic carbocycles. The van der Waals surface area contributed by atoms with E-state index in [-0.39, 0.29) is 0 Å². The fourth-order valence-corrected chi connectivity index (χ4v) is 5.93. The van der Waals surface area contributed by atoms with E-state index in [2.05, 4.69) is 68.2 Å². The molecule has 32 heavy (non-hydrogen) atoms. The summed E-state index contributed by atoms with van der Waals surface area (Å²) in [4.78, 5) is 10.5. The van der Waals surface area contributed by atoms with E-state index in [1.165, 1.54) is 69.4 Å². The number of aromatic nitrogens is 1. The average Bonchev–Trinajstić information content (AvgIpc) is 2.86. The Labute approximate surface area is 199 Å². The van der Waals surface area contributed by atoms with Gasteiger partial charge < -0.3 is 9.64 Å². The Balaban J connectivity index is 1.41. The smallest absolute Gasteiger partial charge is 0.135 e. The lowest BCUT2D eigenvalue weighted by Crippen LogP contribution is -2.46. The van der Waals surface area contributed by atoms with Gasteiger partial charge >= 0.3 is 0 Å². The van der Waals surface area contributed by atoms with Crippen LogP contribution in [0.25, 0.3) is 22.2 Å². The number of nitrogens with zero attached hydrogens (tertiary/aromatic N) is 3. The van der Waals surface area contributed by atoms with Crippen molar-refractivity contribution in [3.05, 3.63) is 58.6 Å². The topological polar surface area (TPSA) is 28.6 Å². The summed E-state index contributed by atoms with van der Waals surface area (Å²) in [5.41, 5.74) is 4.50. The summed E-state index contributed by atoms with van der Waals surface area (Å²) in [6, 6.07) is 17.8. The van der Waals surface area contributed by atoms with Crippen LogP contribution in [0.3, 0.4) is 0 Å². The van der Waals surface area contributed by atoms with Crippen LogP contribution in [-0.2, 0) is 6.54 Å². The summed E-state index contributed by atoms with van der Waals surface area (Å²) in [6.07, 6.45) is 6.73. The standard InChI is InChI=1S/C27H32BrN3O/c1-32-24-11-10-21-18-22(26(29-27(21)25(24)28)20-8-4-2-5-9-20)19-30-16-12-23(13-17-30)31-14-6-3-7-15-31/h2,4-5,8-11,18,23H,3,6-7,12-17,19H2,1H3. The molecule has 4 nitrogen and oxygen atoms in total. The zero-order valence-electron chi connectivity index (χ0n) is 18.9. The predicted octanol–water partition coefficient (Wildman–Crippen LogP) is 6.12. The van der Waals surface area contributed by atoms with Gasteiger partial charge in [0.2, 0.25) is 0 Å². The highest BCUT2D eigenvalue weighted by Crippen LogP contribution is 2.35. The lowest BCUT2D eigenvalue weighted by Gasteiger charge is -2.40. The normalized spacial score (nSPS) is 18.8. The monoisotopic (exact) mass is 493 g/mol. The molecule has 168 valence electrons. The quantitative estimate of drug-likeness (QED) is 0.427. The van der Waals surface area contributed by atoms with Gasteiger partial charge in [0, 0.05) is 23.5 Å². The first kappa shape index (κ1) is 21.9. The minimum atomic E-state index is 0.776. The van der Waals surface area contributed by atoms with E-state index in [1.54, 1.807) is 7.11 Å². The third kappa shape index (κ3) is 4.57. The van der Waals surface area contributed by atoms with Crippen LogP contribution in [0.4, 0.5) is 0 Å². The molecule has 0 spiro atoms. The molecule has 2 fully saturated rings. The van der Waals surface area contributed by atoms with Gasteiger partial charge in [-0.2, -0.15) is 0 Å². The van der Waals surface area contributed by atoms with Gasteiger partial charge in [0.15, 0.2) is 0 Å². The molecular formula is C27H32BrN3O. The van der Waals surface area contributed by atoms with E-state index >= 15 is 0 Å². The maximum absolute atomic E-state index is 5.51. The number of ether oxygens (including phenoxy) is 1. The first-order valence-corrected chi connectivity index (χ1v) is 12.7. The van der Waals surface area contributed by atoms with Gasteiger partial charge in [0.05, 0.1) is 22.8 Å². The third-order valence-corrected chi connectivity index (χ3v) is 7.86. The van der Waals surface area contributed by atoms with E-state index in [0.717, 1.165) is 39.4 Å². The van der Waals surface area contributed by atoms with Gasteiger partial charge in [-0.25, -0.2) is 4.98 Å². The van der Waals surface area contributed by atoms with Crippen molar-refractivity contribution in [2.45, 2.75) is 44.7 Å². The van der Waals surface area contributed by atoms with Crippen LogP contribution < -0.4 is 4.74 Å². The number of hydrogen-bond acceptors (Lipinski definition) is 4. The van der Waals surface area contributed by atoms with Crippen molar-refractivity contribution in [2.24, 2.45) is 0 Å². The molecular weight excluding hydrogens is 462 g/mol. The fourth-order valence-electron chi connectivity index (χ4n) is 5.32. The zero-order chi connectivity index (χ0) is 21.9. The number of pyridine rings is 1. The van der Waals surface area contributed by atoms with E-state index in [9.17, 15) is 0 Å². The highest BCUT2D eigenvalue weighted by molar-refractivity contribution is 9.10. The van der Waals surface area contributed by atoms with Crippen LogP contribution in [0.1, 0.15) is 37.7 Å². The van der Waals surface area contributed by atoms with E-state index < -0.39 is 0 Å². The van der Waals surface area contributed by atoms with Gasteiger partial charge in [0.25, 0.3) is 0 Å². The van der Waals surface area contributed by atoms with Crippen molar-refractivity contribution in [3.63, 3.8) is 0 Å². The Morgan fingerprint density at radius 1 is 0.969 bits per heavy atom. The Morgan fingerprint density at radius 2 is 1.72 bits per heavy atom. The molecule has 1 aromatic heterocycles. The molecule has 2 aliphatic heterocycles. The maximum atomic E-state index is 5.51. The molecule has 0 bridgehead atoms. The summed E-state index contributed by atoms with van der Waals surface area (Å²) in [5, 5.41) is 1.15. The second-order valence-electron chi connectivity index (χ2n) is 9.12. The SMILES string of the molecule is COc1ccc2cc(CN3CCC(N4CCCCC4)CC3)c(-c3ccccc3)nc2c1Br. The highest BCUT2D eigenvalue weighted by Gasteiger charge is 2.26. The average molecular weight is 494 g/mol. The molecule has 0 unspecified atom stereocenters. The third-order valence-electron chi connectivity index (χ3n) is 7.09. The fraction of sp³-hybridized carbons (Fsp3) is 0.444. The van der Waals surface area contributed by atoms with Crippen molar-refractivity contribution in [2.75, 3.05) is 33.3 Å². The molecule has 0 atom stereocenters. The second kappa shape index (κ2) is 9.90. The summed E-state index contributed by atoms with van der Waals surface area (Å²) in [5.74, 6) is 0.816. The largest absolute Gasteiger partial charge is 0.495 e. The molecule has 5 heteroatoms. The van der Waals surface area contributed by atoms with E-state index in [4.69, 9.17) is 9.72 Å². The first-order valence-electron chi connectivity index (χ1n) is 11.9. The van der Waals surface area contributed by atoms with E-state index in [0.29, 0.717) is 0 Å².